The van der Waals surface area contributed by atoms with Crippen LogP contribution in [0.4, 0.5) is 14.5 Å². The lowest BCUT2D eigenvalue weighted by Gasteiger charge is -2.29. The van der Waals surface area contributed by atoms with Crippen LogP contribution in [-0.4, -0.2) is 36.6 Å². The van der Waals surface area contributed by atoms with E-state index in [1.807, 2.05) is 0 Å². The number of aliphatic carboxylic acids is 1. The predicted octanol–water partition coefficient (Wildman–Crippen LogP) is 0.999. The topological polar surface area (TPSA) is 69.6 Å². The van der Waals surface area contributed by atoms with Crippen LogP contribution < -0.4 is 10.2 Å². The van der Waals surface area contributed by atoms with E-state index in [9.17, 15) is 18.4 Å². The molecule has 2 rings (SSSR count). The molecule has 0 aliphatic carbocycles. The van der Waals surface area contributed by atoms with Gasteiger partial charge in [-0.25, -0.2) is 13.6 Å². The molecule has 106 valence electrons. The molecule has 0 spiro atoms. The van der Waals surface area contributed by atoms with Crippen molar-refractivity contribution in [2.24, 2.45) is 0 Å². The van der Waals surface area contributed by atoms with Gasteiger partial charge in [-0.3, -0.25) is 4.79 Å². The molecule has 0 unspecified atom stereocenters. The molecule has 0 atom stereocenters. The Morgan fingerprint density at radius 3 is 2.55 bits per heavy atom. The monoisotopic (exact) mass is 282 g/mol. The third-order valence-electron chi connectivity index (χ3n) is 2.81. The summed E-state index contributed by atoms with van der Waals surface area (Å²) < 4.78 is 27.9. The number of nitrogens with one attached hydrogen (secondary N) is 1. The Hall–Kier alpha value is -2.44. The molecule has 1 aromatic carbocycles. The van der Waals surface area contributed by atoms with E-state index in [1.165, 1.54) is 4.90 Å². The number of rotatable bonds is 3. The summed E-state index contributed by atoms with van der Waals surface area (Å²) in [6, 6.07) is 2.06. The molecule has 2 N–H and O–H groups in total. The quantitative estimate of drug-likeness (QED) is 0.811. The molecule has 5 nitrogen and oxygen atoms in total. The van der Waals surface area contributed by atoms with Crippen molar-refractivity contribution in [3.05, 3.63) is 35.4 Å². The van der Waals surface area contributed by atoms with Crippen LogP contribution >= 0.6 is 0 Å². The standard InChI is InChI=1S/C13H12F2N2O3/c14-9-5-8(1-2-12(19)20)6-10(15)13(9)17-4-3-16-11(18)7-17/h1-2,5-6H,3-4,7H2,(H,16,18)(H,19,20). The van der Waals surface area contributed by atoms with Crippen molar-refractivity contribution < 1.29 is 23.5 Å². The van der Waals surface area contributed by atoms with Gasteiger partial charge in [-0.2, -0.15) is 0 Å². The average molecular weight is 282 g/mol. The van der Waals surface area contributed by atoms with E-state index in [1.54, 1.807) is 0 Å². The maximum Gasteiger partial charge on any atom is 0.328 e. The highest BCUT2D eigenvalue weighted by atomic mass is 19.1. The lowest BCUT2D eigenvalue weighted by atomic mass is 10.1. The van der Waals surface area contributed by atoms with E-state index in [0.29, 0.717) is 13.1 Å². The van der Waals surface area contributed by atoms with E-state index < -0.39 is 17.6 Å². The first-order chi connectivity index (χ1) is 9.47. The Morgan fingerprint density at radius 2 is 2.00 bits per heavy atom. The average Bonchev–Trinajstić information content (AvgIpc) is 2.35. The van der Waals surface area contributed by atoms with Crippen molar-refractivity contribution in [2.45, 2.75) is 0 Å². The lowest BCUT2D eigenvalue weighted by molar-refractivity contribution is -0.131. The molecule has 1 aliphatic rings. The van der Waals surface area contributed by atoms with Gasteiger partial charge < -0.3 is 15.3 Å². The molecule has 0 radical (unpaired) electrons. The van der Waals surface area contributed by atoms with Gasteiger partial charge in [-0.15, -0.1) is 0 Å². The van der Waals surface area contributed by atoms with E-state index in [0.717, 1.165) is 24.3 Å². The molecule has 0 saturated carbocycles. The molecule has 1 saturated heterocycles. The Kier molecular flexibility index (Phi) is 3.97. The van der Waals surface area contributed by atoms with Gasteiger partial charge in [0.05, 0.1) is 6.54 Å². The minimum atomic E-state index is -1.21. The second-order valence-corrected chi connectivity index (χ2v) is 4.28. The largest absolute Gasteiger partial charge is 0.478 e. The molecule has 1 aromatic rings. The van der Waals surface area contributed by atoms with Gasteiger partial charge in [0.25, 0.3) is 0 Å². The number of hydrogen-bond donors (Lipinski definition) is 2. The number of nitrogens with zero attached hydrogens (tertiary/aromatic N) is 1. The number of amides is 1. The zero-order valence-corrected chi connectivity index (χ0v) is 10.4. The van der Waals surface area contributed by atoms with Crippen LogP contribution in [0.3, 0.4) is 0 Å². The number of piperazine rings is 1. The summed E-state index contributed by atoms with van der Waals surface area (Å²) >= 11 is 0. The fraction of sp³-hybridized carbons (Fsp3) is 0.231. The van der Waals surface area contributed by atoms with Crippen molar-refractivity contribution in [2.75, 3.05) is 24.5 Å². The van der Waals surface area contributed by atoms with E-state index in [-0.39, 0.29) is 23.7 Å². The minimum absolute atomic E-state index is 0.104. The number of hydrogen-bond acceptors (Lipinski definition) is 3. The lowest BCUT2D eigenvalue weighted by Crippen LogP contribution is -2.48. The summed E-state index contributed by atoms with van der Waals surface area (Å²) in [7, 11) is 0. The summed E-state index contributed by atoms with van der Waals surface area (Å²) in [5, 5.41) is 11.0. The third kappa shape index (κ3) is 3.11. The first-order valence-electron chi connectivity index (χ1n) is 5.89. The third-order valence-corrected chi connectivity index (χ3v) is 2.81. The Labute approximate surface area is 113 Å². The Bertz CT molecular complexity index is 564. The van der Waals surface area contributed by atoms with Gasteiger partial charge in [-0.05, 0) is 23.8 Å². The number of anilines is 1. The van der Waals surface area contributed by atoms with Gasteiger partial charge in [0.15, 0.2) is 0 Å². The van der Waals surface area contributed by atoms with E-state index >= 15 is 0 Å². The number of carbonyl (C=O) groups is 2. The van der Waals surface area contributed by atoms with Gasteiger partial charge in [0.2, 0.25) is 5.91 Å². The fourth-order valence-corrected chi connectivity index (χ4v) is 1.98. The number of halogens is 2. The van der Waals surface area contributed by atoms with Crippen LogP contribution in [0.5, 0.6) is 0 Å². The number of benzene rings is 1. The molecular weight excluding hydrogens is 270 g/mol. The maximum absolute atomic E-state index is 14.0. The van der Waals surface area contributed by atoms with Crippen LogP contribution in [0.15, 0.2) is 18.2 Å². The zero-order valence-electron chi connectivity index (χ0n) is 10.4. The highest BCUT2D eigenvalue weighted by Crippen LogP contribution is 2.26. The summed E-state index contributed by atoms with van der Waals surface area (Å²) in [4.78, 5) is 22.9. The molecular formula is C13H12F2N2O3. The summed E-state index contributed by atoms with van der Waals surface area (Å²) in [5.41, 5.74) is -0.167. The van der Waals surface area contributed by atoms with Gasteiger partial charge in [-0.1, -0.05) is 0 Å². The molecule has 1 heterocycles. The second-order valence-electron chi connectivity index (χ2n) is 4.28. The summed E-state index contributed by atoms with van der Waals surface area (Å²) in [5.74, 6) is -3.16. The molecule has 1 fully saturated rings. The van der Waals surface area contributed by atoms with Crippen molar-refractivity contribution in [3.8, 4) is 0 Å². The van der Waals surface area contributed by atoms with Crippen molar-refractivity contribution in [3.63, 3.8) is 0 Å². The molecule has 0 aromatic heterocycles. The summed E-state index contributed by atoms with van der Waals surface area (Å²) in [6.45, 7) is 0.514. The van der Waals surface area contributed by atoms with Gasteiger partial charge >= 0.3 is 5.97 Å². The van der Waals surface area contributed by atoms with Crippen LogP contribution in [-0.2, 0) is 9.59 Å². The van der Waals surface area contributed by atoms with Crippen molar-refractivity contribution in [1.82, 2.24) is 5.32 Å². The van der Waals surface area contributed by atoms with Crippen LogP contribution in [0.1, 0.15) is 5.56 Å². The maximum atomic E-state index is 14.0. The summed E-state index contributed by atoms with van der Waals surface area (Å²) in [6.07, 6.45) is 1.89. The fourth-order valence-electron chi connectivity index (χ4n) is 1.98. The van der Waals surface area contributed by atoms with E-state index in [2.05, 4.69) is 5.32 Å². The highest BCUT2D eigenvalue weighted by Gasteiger charge is 2.22. The smallest absolute Gasteiger partial charge is 0.328 e. The van der Waals surface area contributed by atoms with Gasteiger partial charge in [0, 0.05) is 19.2 Å². The molecule has 1 aliphatic heterocycles. The van der Waals surface area contributed by atoms with Crippen LogP contribution in [0, 0.1) is 11.6 Å². The second kappa shape index (κ2) is 5.68. The first-order valence-corrected chi connectivity index (χ1v) is 5.89. The Morgan fingerprint density at radius 1 is 1.35 bits per heavy atom. The number of carboxylic acid groups (broad SMARTS) is 1. The van der Waals surface area contributed by atoms with Crippen LogP contribution in [0.25, 0.3) is 6.08 Å². The highest BCUT2D eigenvalue weighted by molar-refractivity contribution is 5.85. The predicted molar refractivity (Wildman–Crippen MR) is 68.3 cm³/mol. The minimum Gasteiger partial charge on any atom is -0.478 e. The number of carbonyl (C=O) groups excluding carboxylic acids is 1. The van der Waals surface area contributed by atoms with E-state index in [4.69, 9.17) is 5.11 Å². The SMILES string of the molecule is O=C(O)C=Cc1cc(F)c(N2CCNC(=O)C2)c(F)c1. The van der Waals surface area contributed by atoms with Crippen molar-refractivity contribution >= 4 is 23.6 Å². The normalized spacial score (nSPS) is 15.5. The van der Waals surface area contributed by atoms with Crippen molar-refractivity contribution in [1.29, 1.82) is 0 Å². The molecule has 20 heavy (non-hydrogen) atoms. The zero-order chi connectivity index (χ0) is 14.7. The molecule has 7 heteroatoms. The van der Waals surface area contributed by atoms with Crippen LogP contribution in [0.2, 0.25) is 0 Å². The first kappa shape index (κ1) is 14.0. The molecule has 1 amide bonds. The number of carboxylic acids is 1. The Balaban J connectivity index is 2.31. The van der Waals surface area contributed by atoms with Gasteiger partial charge in [0.1, 0.15) is 17.3 Å². The molecule has 0 bridgehead atoms.